The van der Waals surface area contributed by atoms with E-state index in [1.54, 1.807) is 4.90 Å². The van der Waals surface area contributed by atoms with Crippen molar-refractivity contribution in [1.29, 1.82) is 5.26 Å². The van der Waals surface area contributed by atoms with E-state index in [-0.39, 0.29) is 22.7 Å². The van der Waals surface area contributed by atoms with E-state index in [0.717, 1.165) is 36.4 Å². The SMILES string of the molecule is C=CC(=O)N1CC2(CCN(c3nc4c(c(-c5cncc(C(F)(F)F)c5)c3C#N)C[C@H]3C[C@@H]4C3(C)C)C2)C1. The Kier molecular flexibility index (Phi) is 5.05. The Labute approximate surface area is 213 Å². The first-order valence-corrected chi connectivity index (χ1v) is 12.6. The molecule has 0 radical (unpaired) electrons. The molecule has 37 heavy (non-hydrogen) atoms. The molecule has 192 valence electrons. The van der Waals surface area contributed by atoms with E-state index in [1.807, 2.05) is 0 Å². The zero-order valence-electron chi connectivity index (χ0n) is 20.9. The second-order valence-electron chi connectivity index (χ2n) is 11.7. The average molecular weight is 508 g/mol. The lowest BCUT2D eigenvalue weighted by Gasteiger charge is -2.57. The Morgan fingerprint density at radius 1 is 1.27 bits per heavy atom. The van der Waals surface area contributed by atoms with E-state index in [2.05, 4.69) is 36.4 Å². The summed E-state index contributed by atoms with van der Waals surface area (Å²) in [5.41, 5.74) is 2.13. The van der Waals surface area contributed by atoms with Crippen molar-refractivity contribution in [2.45, 2.75) is 45.2 Å². The maximum Gasteiger partial charge on any atom is 0.417 e. The number of carbonyl (C=O) groups is 1. The van der Waals surface area contributed by atoms with Crippen LogP contribution in [0.15, 0.2) is 31.1 Å². The number of hydrogen-bond donors (Lipinski definition) is 0. The molecule has 2 aromatic rings. The lowest BCUT2D eigenvalue weighted by molar-refractivity contribution is -0.138. The third-order valence-corrected chi connectivity index (χ3v) is 9.30. The Morgan fingerprint density at radius 2 is 2.03 bits per heavy atom. The van der Waals surface area contributed by atoms with E-state index in [1.165, 1.54) is 12.3 Å². The molecule has 1 amide bonds. The average Bonchev–Trinajstić information content (AvgIpc) is 3.31. The Balaban J connectivity index is 1.46. The first-order chi connectivity index (χ1) is 17.5. The number of halogens is 3. The van der Waals surface area contributed by atoms with Gasteiger partial charge in [0, 0.05) is 61.0 Å². The summed E-state index contributed by atoms with van der Waals surface area (Å²) in [4.78, 5) is 24.9. The molecule has 9 heteroatoms. The van der Waals surface area contributed by atoms with Crippen LogP contribution in [0, 0.1) is 28.1 Å². The normalized spacial score (nSPS) is 24.6. The van der Waals surface area contributed by atoms with Gasteiger partial charge in [-0.05, 0) is 48.3 Å². The zero-order chi connectivity index (χ0) is 26.3. The van der Waals surface area contributed by atoms with Gasteiger partial charge in [0.15, 0.2) is 0 Å². The van der Waals surface area contributed by atoms with Crippen molar-refractivity contribution in [2.24, 2.45) is 16.7 Å². The first-order valence-electron chi connectivity index (χ1n) is 12.6. The highest BCUT2D eigenvalue weighted by molar-refractivity contribution is 5.88. The second kappa shape index (κ2) is 7.80. The highest BCUT2D eigenvalue weighted by Crippen LogP contribution is 2.63. The van der Waals surface area contributed by atoms with Crippen LogP contribution in [0.5, 0.6) is 0 Å². The lowest BCUT2D eigenvalue weighted by Crippen LogP contribution is -2.59. The van der Waals surface area contributed by atoms with E-state index in [4.69, 9.17) is 4.98 Å². The molecule has 5 aliphatic rings. The van der Waals surface area contributed by atoms with Gasteiger partial charge in [-0.15, -0.1) is 0 Å². The number of nitriles is 1. The molecule has 4 heterocycles. The monoisotopic (exact) mass is 507 g/mol. The van der Waals surface area contributed by atoms with Gasteiger partial charge in [-0.3, -0.25) is 9.78 Å². The molecule has 7 rings (SSSR count). The fourth-order valence-electron chi connectivity index (χ4n) is 7.00. The smallest absolute Gasteiger partial charge is 0.355 e. The number of likely N-dealkylation sites (tertiary alicyclic amines) is 1. The van der Waals surface area contributed by atoms with E-state index in [9.17, 15) is 23.2 Å². The largest absolute Gasteiger partial charge is 0.417 e. The number of anilines is 1. The number of pyridine rings is 2. The summed E-state index contributed by atoms with van der Waals surface area (Å²) in [7, 11) is 0. The first kappa shape index (κ1) is 24.0. The predicted octanol–water partition coefficient (Wildman–Crippen LogP) is 4.94. The summed E-state index contributed by atoms with van der Waals surface area (Å²) in [6.45, 7) is 10.6. The van der Waals surface area contributed by atoms with Crippen molar-refractivity contribution in [1.82, 2.24) is 14.9 Å². The van der Waals surface area contributed by atoms with Crippen molar-refractivity contribution in [3.63, 3.8) is 0 Å². The van der Waals surface area contributed by atoms with Crippen LogP contribution in [0.2, 0.25) is 0 Å². The maximum absolute atomic E-state index is 13.6. The molecule has 2 aromatic heterocycles. The molecule has 2 saturated heterocycles. The predicted molar refractivity (Wildman–Crippen MR) is 132 cm³/mol. The highest BCUT2D eigenvalue weighted by atomic mass is 19.4. The van der Waals surface area contributed by atoms with E-state index < -0.39 is 11.7 Å². The van der Waals surface area contributed by atoms with Crippen LogP contribution in [0.3, 0.4) is 0 Å². The summed E-state index contributed by atoms with van der Waals surface area (Å²) >= 11 is 0. The van der Waals surface area contributed by atoms with Crippen LogP contribution in [0.1, 0.15) is 55.0 Å². The van der Waals surface area contributed by atoms with Crippen LogP contribution < -0.4 is 4.90 Å². The van der Waals surface area contributed by atoms with Crippen LogP contribution >= 0.6 is 0 Å². The number of aromatic nitrogens is 2. The molecule has 1 spiro atoms. The van der Waals surface area contributed by atoms with Crippen molar-refractivity contribution >= 4 is 11.7 Å². The van der Waals surface area contributed by atoms with E-state index >= 15 is 0 Å². The summed E-state index contributed by atoms with van der Waals surface area (Å²) < 4.78 is 40.8. The van der Waals surface area contributed by atoms with Gasteiger partial charge in [-0.1, -0.05) is 20.4 Å². The third kappa shape index (κ3) is 3.48. The highest BCUT2D eigenvalue weighted by Gasteiger charge is 2.55. The Hall–Kier alpha value is -3.41. The van der Waals surface area contributed by atoms with Crippen molar-refractivity contribution in [3.05, 3.63) is 53.5 Å². The van der Waals surface area contributed by atoms with Crippen LogP contribution in [0.4, 0.5) is 19.0 Å². The molecule has 2 aliphatic heterocycles. The van der Waals surface area contributed by atoms with Crippen LogP contribution in [-0.4, -0.2) is 47.0 Å². The Morgan fingerprint density at radius 3 is 2.68 bits per heavy atom. The Bertz CT molecular complexity index is 1370. The van der Waals surface area contributed by atoms with Gasteiger partial charge in [0.25, 0.3) is 0 Å². The van der Waals surface area contributed by atoms with Gasteiger partial charge < -0.3 is 9.80 Å². The van der Waals surface area contributed by atoms with Crippen molar-refractivity contribution < 1.29 is 18.0 Å². The van der Waals surface area contributed by atoms with E-state index in [0.29, 0.717) is 61.0 Å². The molecule has 0 unspecified atom stereocenters. The minimum absolute atomic E-state index is 0.0561. The molecule has 3 aliphatic carbocycles. The van der Waals surface area contributed by atoms with Crippen molar-refractivity contribution in [3.8, 4) is 17.2 Å². The molecular weight excluding hydrogens is 479 g/mol. The number of alkyl halides is 3. The molecule has 2 atom stereocenters. The lowest BCUT2D eigenvalue weighted by atomic mass is 9.48. The van der Waals surface area contributed by atoms with Gasteiger partial charge in [-0.2, -0.15) is 18.4 Å². The topological polar surface area (TPSA) is 73.1 Å². The standard InChI is InChI=1S/C28H28F3N5O/c1-4-22(37)36-14-27(15-36)5-6-35(13-27)25-20(10-32)23(16-7-18(12-33-11-16)28(29,30)31)19-8-17-9-21(24(19)34-25)26(17,2)3/h4,7,11-12,17,21H,1,5-6,8-9,13-15H2,2-3H3/t17-,21-/m0/s1. The summed E-state index contributed by atoms with van der Waals surface area (Å²) in [6, 6.07) is 3.41. The molecule has 2 bridgehead atoms. The molecule has 6 nitrogen and oxygen atoms in total. The maximum atomic E-state index is 13.6. The molecule has 3 fully saturated rings. The molecular formula is C28H28F3N5O. The van der Waals surface area contributed by atoms with Gasteiger partial charge in [-0.25, -0.2) is 4.98 Å². The van der Waals surface area contributed by atoms with Crippen LogP contribution in [0.25, 0.3) is 11.1 Å². The van der Waals surface area contributed by atoms with Gasteiger partial charge in [0.1, 0.15) is 17.5 Å². The molecule has 0 N–H and O–H groups in total. The second-order valence-corrected chi connectivity index (χ2v) is 11.7. The number of carbonyl (C=O) groups excluding carboxylic acids is 1. The van der Waals surface area contributed by atoms with Gasteiger partial charge in [0.2, 0.25) is 5.91 Å². The van der Waals surface area contributed by atoms with Crippen LogP contribution in [-0.2, 0) is 17.4 Å². The number of amides is 1. The summed E-state index contributed by atoms with van der Waals surface area (Å²) in [6.07, 6.45) is 1.58. The molecule has 1 saturated carbocycles. The quantitative estimate of drug-likeness (QED) is 0.550. The number of rotatable bonds is 3. The third-order valence-electron chi connectivity index (χ3n) is 9.30. The minimum Gasteiger partial charge on any atom is -0.355 e. The molecule has 0 aromatic carbocycles. The van der Waals surface area contributed by atoms with Gasteiger partial charge in [0.05, 0.1) is 11.3 Å². The number of hydrogen-bond acceptors (Lipinski definition) is 5. The summed E-state index contributed by atoms with van der Waals surface area (Å²) in [5.74, 6) is 1.06. The number of nitrogens with zero attached hydrogens (tertiary/aromatic N) is 5. The summed E-state index contributed by atoms with van der Waals surface area (Å²) in [5, 5.41) is 10.4. The fraction of sp³-hybridized carbons (Fsp3) is 0.500. The van der Waals surface area contributed by atoms with Crippen molar-refractivity contribution in [2.75, 3.05) is 31.1 Å². The minimum atomic E-state index is -4.53. The fourth-order valence-corrected chi connectivity index (χ4v) is 7.00. The van der Waals surface area contributed by atoms with Gasteiger partial charge >= 0.3 is 6.18 Å². The zero-order valence-corrected chi connectivity index (χ0v) is 20.9.